The van der Waals surface area contributed by atoms with E-state index in [-0.39, 0.29) is 6.04 Å². The Hall–Kier alpha value is -0.860. The first-order valence-electron chi connectivity index (χ1n) is 7.83. The molecule has 1 saturated heterocycles. The third-order valence-corrected chi connectivity index (χ3v) is 5.28. The molecular weight excluding hydrogens is 232 g/mol. The monoisotopic (exact) mass is 258 g/mol. The van der Waals surface area contributed by atoms with Crippen LogP contribution in [0.2, 0.25) is 0 Å². The summed E-state index contributed by atoms with van der Waals surface area (Å²) in [6.07, 6.45) is 7.06. The zero-order valence-corrected chi connectivity index (χ0v) is 12.0. The highest BCUT2D eigenvalue weighted by atomic mass is 15.2. The normalized spacial score (nSPS) is 30.8. The van der Waals surface area contributed by atoms with Gasteiger partial charge in [-0.05, 0) is 44.2 Å². The lowest BCUT2D eigenvalue weighted by molar-refractivity contribution is 0.125. The third-order valence-electron chi connectivity index (χ3n) is 5.28. The van der Waals surface area contributed by atoms with E-state index in [9.17, 15) is 0 Å². The molecule has 0 radical (unpaired) electrons. The van der Waals surface area contributed by atoms with Crippen molar-refractivity contribution in [3.05, 3.63) is 35.9 Å². The van der Waals surface area contributed by atoms with Crippen molar-refractivity contribution in [1.82, 2.24) is 4.90 Å². The predicted molar refractivity (Wildman–Crippen MR) is 79.9 cm³/mol. The molecule has 1 aromatic carbocycles. The fourth-order valence-corrected chi connectivity index (χ4v) is 4.11. The Morgan fingerprint density at radius 1 is 1.11 bits per heavy atom. The van der Waals surface area contributed by atoms with Crippen molar-refractivity contribution in [3.63, 3.8) is 0 Å². The molecule has 1 aliphatic heterocycles. The highest BCUT2D eigenvalue weighted by Crippen LogP contribution is 2.38. The van der Waals surface area contributed by atoms with E-state index in [1.165, 1.54) is 44.2 Å². The summed E-state index contributed by atoms with van der Waals surface area (Å²) in [5.41, 5.74) is 7.77. The van der Waals surface area contributed by atoms with Crippen molar-refractivity contribution in [2.24, 2.45) is 11.7 Å². The number of likely N-dealkylation sites (tertiary alicyclic amines) is 1. The number of nitrogens with two attached hydrogens (primary N) is 1. The molecule has 0 spiro atoms. The van der Waals surface area contributed by atoms with Gasteiger partial charge in [-0.1, -0.05) is 43.2 Å². The second-order valence-electron chi connectivity index (χ2n) is 6.32. The summed E-state index contributed by atoms with van der Waals surface area (Å²) < 4.78 is 0. The van der Waals surface area contributed by atoms with Gasteiger partial charge >= 0.3 is 0 Å². The van der Waals surface area contributed by atoms with Gasteiger partial charge in [0, 0.05) is 18.1 Å². The second kappa shape index (κ2) is 5.64. The lowest BCUT2D eigenvalue weighted by Crippen LogP contribution is -2.45. The Kier molecular flexibility index (Phi) is 3.90. The number of hydrogen-bond donors (Lipinski definition) is 1. The summed E-state index contributed by atoms with van der Waals surface area (Å²) in [5, 5.41) is 0. The van der Waals surface area contributed by atoms with E-state index >= 15 is 0 Å². The first kappa shape index (κ1) is 13.1. The summed E-state index contributed by atoms with van der Waals surface area (Å²) in [5.74, 6) is 0.944. The van der Waals surface area contributed by atoms with Gasteiger partial charge in [0.25, 0.3) is 0 Å². The van der Waals surface area contributed by atoms with Gasteiger partial charge in [0.1, 0.15) is 0 Å². The minimum absolute atomic E-state index is 0.141. The van der Waals surface area contributed by atoms with Gasteiger partial charge in [0.2, 0.25) is 0 Å². The highest BCUT2D eigenvalue weighted by Gasteiger charge is 2.39. The van der Waals surface area contributed by atoms with Crippen LogP contribution < -0.4 is 5.73 Å². The first-order valence-corrected chi connectivity index (χ1v) is 7.83. The quantitative estimate of drug-likeness (QED) is 0.901. The molecule has 1 aliphatic carbocycles. The predicted octanol–water partition coefficient (Wildman–Crippen LogP) is 3.34. The van der Waals surface area contributed by atoms with Crippen molar-refractivity contribution in [2.75, 3.05) is 6.54 Å². The second-order valence-corrected chi connectivity index (χ2v) is 6.32. The molecule has 1 saturated carbocycles. The van der Waals surface area contributed by atoms with Crippen molar-refractivity contribution < 1.29 is 0 Å². The number of fused-ring (bicyclic) bond motifs is 1. The van der Waals surface area contributed by atoms with Gasteiger partial charge in [-0.2, -0.15) is 0 Å². The van der Waals surface area contributed by atoms with Gasteiger partial charge in [0.15, 0.2) is 0 Å². The molecule has 1 heterocycles. The van der Waals surface area contributed by atoms with E-state index in [4.69, 9.17) is 5.73 Å². The maximum absolute atomic E-state index is 6.50. The lowest BCUT2D eigenvalue weighted by atomic mass is 9.84. The lowest BCUT2D eigenvalue weighted by Gasteiger charge is -2.38. The van der Waals surface area contributed by atoms with E-state index < -0.39 is 0 Å². The molecule has 2 N–H and O–H groups in total. The van der Waals surface area contributed by atoms with E-state index in [0.717, 1.165) is 12.0 Å². The fraction of sp³-hybridized carbons (Fsp3) is 0.647. The van der Waals surface area contributed by atoms with Gasteiger partial charge in [-0.15, -0.1) is 0 Å². The summed E-state index contributed by atoms with van der Waals surface area (Å²) in [4.78, 5) is 2.70. The topological polar surface area (TPSA) is 29.3 Å². The summed E-state index contributed by atoms with van der Waals surface area (Å²) >= 11 is 0. The van der Waals surface area contributed by atoms with Crippen LogP contribution in [0.5, 0.6) is 0 Å². The molecule has 0 aromatic heterocycles. The zero-order chi connectivity index (χ0) is 13.2. The molecule has 2 aliphatic rings. The minimum atomic E-state index is 0.141. The molecule has 4 atom stereocenters. The Bertz CT molecular complexity index is 403. The first-order chi connectivity index (χ1) is 9.27. The van der Waals surface area contributed by atoms with Crippen molar-refractivity contribution in [2.45, 2.75) is 57.2 Å². The van der Waals surface area contributed by atoms with E-state index in [1.807, 2.05) is 0 Å². The van der Waals surface area contributed by atoms with Crippen LogP contribution in [0, 0.1) is 5.92 Å². The van der Waals surface area contributed by atoms with E-state index in [0.29, 0.717) is 6.04 Å². The molecule has 2 heteroatoms. The summed E-state index contributed by atoms with van der Waals surface area (Å²) in [6.45, 7) is 3.56. The standard InChI is InChI=1S/C17H26N2/c1-13(17(18)15-8-3-2-4-9-15)19-12-11-14-7-5-6-10-16(14)19/h2-4,8-9,13-14,16-17H,5-7,10-12,18H2,1H3. The molecule has 104 valence electrons. The molecule has 0 amide bonds. The summed E-state index contributed by atoms with van der Waals surface area (Å²) in [7, 11) is 0. The van der Waals surface area contributed by atoms with Crippen LogP contribution in [0.15, 0.2) is 30.3 Å². The minimum Gasteiger partial charge on any atom is -0.323 e. The fourth-order valence-electron chi connectivity index (χ4n) is 4.11. The third kappa shape index (κ3) is 2.56. The largest absolute Gasteiger partial charge is 0.323 e. The molecule has 4 unspecified atom stereocenters. The number of nitrogens with zero attached hydrogens (tertiary/aromatic N) is 1. The molecule has 3 rings (SSSR count). The van der Waals surface area contributed by atoms with Gasteiger partial charge < -0.3 is 5.73 Å². The molecular formula is C17H26N2. The molecule has 0 bridgehead atoms. The molecule has 2 nitrogen and oxygen atoms in total. The van der Waals surface area contributed by atoms with Gasteiger partial charge in [0.05, 0.1) is 0 Å². The Labute approximate surface area is 117 Å². The zero-order valence-electron chi connectivity index (χ0n) is 12.0. The van der Waals surface area contributed by atoms with Crippen LogP contribution in [0.25, 0.3) is 0 Å². The average Bonchev–Trinajstić information content (AvgIpc) is 2.90. The van der Waals surface area contributed by atoms with Gasteiger partial charge in [-0.3, -0.25) is 4.90 Å². The average molecular weight is 258 g/mol. The highest BCUT2D eigenvalue weighted by molar-refractivity contribution is 5.20. The van der Waals surface area contributed by atoms with Gasteiger partial charge in [-0.25, -0.2) is 0 Å². The maximum atomic E-state index is 6.50. The van der Waals surface area contributed by atoms with E-state index in [1.54, 1.807) is 0 Å². The van der Waals surface area contributed by atoms with E-state index in [2.05, 4.69) is 42.2 Å². The maximum Gasteiger partial charge on any atom is 0.0450 e. The van der Waals surface area contributed by atoms with Crippen molar-refractivity contribution in [1.29, 1.82) is 0 Å². The molecule has 2 fully saturated rings. The smallest absolute Gasteiger partial charge is 0.0450 e. The SMILES string of the molecule is CC(C(N)c1ccccc1)N1CCC2CCCCC21. The van der Waals surface area contributed by atoms with Crippen molar-refractivity contribution in [3.8, 4) is 0 Å². The number of benzene rings is 1. The van der Waals surface area contributed by atoms with Crippen LogP contribution in [0.3, 0.4) is 0 Å². The van der Waals surface area contributed by atoms with Crippen molar-refractivity contribution >= 4 is 0 Å². The van der Waals surface area contributed by atoms with Crippen LogP contribution in [0.4, 0.5) is 0 Å². The molecule has 19 heavy (non-hydrogen) atoms. The number of rotatable bonds is 3. The molecule has 1 aromatic rings. The Morgan fingerprint density at radius 2 is 1.84 bits per heavy atom. The van der Waals surface area contributed by atoms with Crippen LogP contribution in [-0.4, -0.2) is 23.5 Å². The summed E-state index contributed by atoms with van der Waals surface area (Å²) in [6, 6.07) is 12.0. The Balaban J connectivity index is 1.71. The van der Waals surface area contributed by atoms with Crippen LogP contribution in [0.1, 0.15) is 50.6 Å². The van der Waals surface area contributed by atoms with Crippen LogP contribution in [-0.2, 0) is 0 Å². The Morgan fingerprint density at radius 3 is 2.63 bits per heavy atom. The number of hydrogen-bond acceptors (Lipinski definition) is 2. The van der Waals surface area contributed by atoms with Crippen LogP contribution >= 0.6 is 0 Å².